The molecule has 2 saturated heterocycles. The zero-order chi connectivity index (χ0) is 12.8. The molecule has 0 saturated carbocycles. The Kier molecular flexibility index (Phi) is 6.33. The number of nitrogens with zero attached hydrogens (tertiary/aromatic N) is 1. The van der Waals surface area contributed by atoms with Gasteiger partial charge in [0.15, 0.2) is 0 Å². The lowest BCUT2D eigenvalue weighted by molar-refractivity contribution is 0.141. The van der Waals surface area contributed by atoms with Gasteiger partial charge < -0.3 is 5.32 Å². The van der Waals surface area contributed by atoms with E-state index < -0.39 is 0 Å². The summed E-state index contributed by atoms with van der Waals surface area (Å²) in [4.78, 5) is 2.83. The SMILES string of the molecule is CCCN(CC1CCNCC1)C1CCCSC1C. The molecule has 0 radical (unpaired) electrons. The molecular weight excluding hydrogens is 240 g/mol. The number of nitrogens with one attached hydrogen (secondary N) is 1. The van der Waals surface area contributed by atoms with E-state index in [1.165, 1.54) is 64.0 Å². The quantitative estimate of drug-likeness (QED) is 0.827. The molecule has 2 heterocycles. The molecule has 0 aromatic heterocycles. The van der Waals surface area contributed by atoms with Crippen LogP contribution in [0.5, 0.6) is 0 Å². The first-order valence-electron chi connectivity index (χ1n) is 7.87. The van der Waals surface area contributed by atoms with Crippen LogP contribution in [0.1, 0.15) is 46.0 Å². The summed E-state index contributed by atoms with van der Waals surface area (Å²) in [6.07, 6.45) is 6.92. The predicted molar refractivity (Wildman–Crippen MR) is 82.4 cm³/mol. The van der Waals surface area contributed by atoms with Crippen LogP contribution in [0.4, 0.5) is 0 Å². The van der Waals surface area contributed by atoms with Gasteiger partial charge in [-0.05, 0) is 63.4 Å². The smallest absolute Gasteiger partial charge is 0.0212 e. The van der Waals surface area contributed by atoms with Gasteiger partial charge in [0.05, 0.1) is 0 Å². The van der Waals surface area contributed by atoms with E-state index in [0.717, 1.165) is 17.2 Å². The summed E-state index contributed by atoms with van der Waals surface area (Å²) in [7, 11) is 0. The number of hydrogen-bond donors (Lipinski definition) is 1. The molecule has 0 bridgehead atoms. The lowest BCUT2D eigenvalue weighted by Gasteiger charge is -2.40. The predicted octanol–water partition coefficient (Wildman–Crippen LogP) is 2.98. The summed E-state index contributed by atoms with van der Waals surface area (Å²) in [5.74, 6) is 2.32. The monoisotopic (exact) mass is 270 g/mol. The van der Waals surface area contributed by atoms with Crippen molar-refractivity contribution in [3.05, 3.63) is 0 Å². The molecule has 2 aliphatic heterocycles. The minimum atomic E-state index is 0.840. The van der Waals surface area contributed by atoms with Crippen molar-refractivity contribution in [2.45, 2.75) is 57.2 Å². The number of piperidine rings is 1. The van der Waals surface area contributed by atoms with E-state index in [0.29, 0.717) is 0 Å². The van der Waals surface area contributed by atoms with Gasteiger partial charge in [-0.25, -0.2) is 0 Å². The summed E-state index contributed by atoms with van der Waals surface area (Å²) in [6, 6.07) is 0.846. The van der Waals surface area contributed by atoms with Crippen LogP contribution in [0.3, 0.4) is 0 Å². The third-order valence-corrected chi connectivity index (χ3v) is 5.86. The molecule has 0 amide bonds. The van der Waals surface area contributed by atoms with Crippen molar-refractivity contribution in [3.63, 3.8) is 0 Å². The van der Waals surface area contributed by atoms with Crippen molar-refractivity contribution in [2.24, 2.45) is 5.92 Å². The molecule has 106 valence electrons. The Morgan fingerprint density at radius 1 is 1.22 bits per heavy atom. The van der Waals surface area contributed by atoms with E-state index in [1.54, 1.807) is 0 Å². The van der Waals surface area contributed by atoms with Gasteiger partial charge in [-0.2, -0.15) is 11.8 Å². The average molecular weight is 270 g/mol. The van der Waals surface area contributed by atoms with Crippen molar-refractivity contribution in [2.75, 3.05) is 31.9 Å². The van der Waals surface area contributed by atoms with Crippen LogP contribution in [-0.2, 0) is 0 Å². The summed E-state index contributed by atoms with van der Waals surface area (Å²) in [6.45, 7) is 9.90. The van der Waals surface area contributed by atoms with Crippen LogP contribution in [0, 0.1) is 5.92 Å². The molecule has 2 rings (SSSR count). The second-order valence-corrected chi connectivity index (χ2v) is 7.46. The Bertz CT molecular complexity index is 229. The minimum Gasteiger partial charge on any atom is -0.317 e. The fourth-order valence-electron chi connectivity index (χ4n) is 3.46. The number of rotatable bonds is 5. The largest absolute Gasteiger partial charge is 0.317 e. The molecule has 2 nitrogen and oxygen atoms in total. The van der Waals surface area contributed by atoms with E-state index in [2.05, 4.69) is 35.8 Å². The molecule has 0 spiro atoms. The third-order valence-electron chi connectivity index (χ3n) is 4.50. The standard InChI is InChI=1S/C15H30N2S/c1-3-10-17(12-14-6-8-16-9-7-14)15-5-4-11-18-13(15)2/h13-16H,3-12H2,1-2H3. The Morgan fingerprint density at radius 3 is 2.67 bits per heavy atom. The van der Waals surface area contributed by atoms with Gasteiger partial charge in [0, 0.05) is 17.8 Å². The van der Waals surface area contributed by atoms with Gasteiger partial charge in [0.2, 0.25) is 0 Å². The highest BCUT2D eigenvalue weighted by Crippen LogP contribution is 2.30. The maximum Gasteiger partial charge on any atom is 0.0212 e. The number of thioether (sulfide) groups is 1. The lowest BCUT2D eigenvalue weighted by Crippen LogP contribution is -2.47. The molecule has 2 fully saturated rings. The van der Waals surface area contributed by atoms with Gasteiger partial charge in [-0.15, -0.1) is 0 Å². The van der Waals surface area contributed by atoms with Gasteiger partial charge in [-0.3, -0.25) is 4.90 Å². The number of hydrogen-bond acceptors (Lipinski definition) is 3. The van der Waals surface area contributed by atoms with Gasteiger partial charge in [0.25, 0.3) is 0 Å². The average Bonchev–Trinajstić information content (AvgIpc) is 2.40. The van der Waals surface area contributed by atoms with Crippen LogP contribution >= 0.6 is 11.8 Å². The Hall–Kier alpha value is 0.270. The normalized spacial score (nSPS) is 30.8. The highest BCUT2D eigenvalue weighted by molar-refractivity contribution is 7.99. The van der Waals surface area contributed by atoms with Crippen LogP contribution in [-0.4, -0.2) is 48.1 Å². The molecule has 18 heavy (non-hydrogen) atoms. The van der Waals surface area contributed by atoms with Crippen molar-refractivity contribution in [1.29, 1.82) is 0 Å². The van der Waals surface area contributed by atoms with Crippen LogP contribution in [0.25, 0.3) is 0 Å². The van der Waals surface area contributed by atoms with Crippen LogP contribution in [0.15, 0.2) is 0 Å². The summed E-state index contributed by atoms with van der Waals surface area (Å²) in [5.41, 5.74) is 0. The fraction of sp³-hybridized carbons (Fsp3) is 1.00. The van der Waals surface area contributed by atoms with Gasteiger partial charge >= 0.3 is 0 Å². The van der Waals surface area contributed by atoms with Crippen molar-refractivity contribution < 1.29 is 0 Å². The first-order valence-corrected chi connectivity index (χ1v) is 8.92. The van der Waals surface area contributed by atoms with Crippen molar-refractivity contribution in [1.82, 2.24) is 10.2 Å². The fourth-order valence-corrected chi connectivity index (χ4v) is 4.70. The molecule has 0 aliphatic carbocycles. The van der Waals surface area contributed by atoms with E-state index in [-0.39, 0.29) is 0 Å². The first kappa shape index (κ1) is 14.7. The molecule has 2 aliphatic rings. The maximum absolute atomic E-state index is 3.49. The lowest BCUT2D eigenvalue weighted by atomic mass is 9.95. The Morgan fingerprint density at radius 2 is 2.00 bits per heavy atom. The summed E-state index contributed by atoms with van der Waals surface area (Å²) in [5, 5.41) is 4.33. The van der Waals surface area contributed by atoms with Gasteiger partial charge in [-0.1, -0.05) is 13.8 Å². The highest BCUT2D eigenvalue weighted by Gasteiger charge is 2.29. The second kappa shape index (κ2) is 7.76. The first-order chi connectivity index (χ1) is 8.81. The molecule has 0 aromatic rings. The zero-order valence-electron chi connectivity index (χ0n) is 12.2. The summed E-state index contributed by atoms with van der Waals surface area (Å²) < 4.78 is 0. The van der Waals surface area contributed by atoms with E-state index in [1.807, 2.05) is 0 Å². The Balaban J connectivity index is 1.88. The van der Waals surface area contributed by atoms with Crippen molar-refractivity contribution in [3.8, 4) is 0 Å². The van der Waals surface area contributed by atoms with Crippen LogP contribution < -0.4 is 5.32 Å². The summed E-state index contributed by atoms with van der Waals surface area (Å²) >= 11 is 2.19. The molecular formula is C15H30N2S. The molecule has 0 aromatic carbocycles. The molecule has 1 N–H and O–H groups in total. The molecule has 2 unspecified atom stereocenters. The Labute approximate surface area is 117 Å². The van der Waals surface area contributed by atoms with Gasteiger partial charge in [0.1, 0.15) is 0 Å². The topological polar surface area (TPSA) is 15.3 Å². The highest BCUT2D eigenvalue weighted by atomic mass is 32.2. The maximum atomic E-state index is 3.49. The van der Waals surface area contributed by atoms with E-state index >= 15 is 0 Å². The van der Waals surface area contributed by atoms with Crippen LogP contribution in [0.2, 0.25) is 0 Å². The minimum absolute atomic E-state index is 0.840. The van der Waals surface area contributed by atoms with E-state index in [4.69, 9.17) is 0 Å². The van der Waals surface area contributed by atoms with Crippen molar-refractivity contribution >= 4 is 11.8 Å². The molecule has 3 heteroatoms. The second-order valence-electron chi connectivity index (χ2n) is 5.97. The zero-order valence-corrected chi connectivity index (χ0v) is 13.0. The van der Waals surface area contributed by atoms with E-state index in [9.17, 15) is 0 Å². The third kappa shape index (κ3) is 4.14. The molecule has 2 atom stereocenters.